The maximum Gasteiger partial charge on any atom is 0.317 e. The molecule has 0 radical (unpaired) electrons. The van der Waals surface area contributed by atoms with Crippen molar-refractivity contribution in [2.75, 3.05) is 25.0 Å². The first-order chi connectivity index (χ1) is 12.1. The zero-order valence-corrected chi connectivity index (χ0v) is 15.7. The molecule has 1 aromatic heterocycles. The molecule has 2 saturated carbocycles. The normalized spacial score (nSPS) is 30.2. The van der Waals surface area contributed by atoms with E-state index in [-0.39, 0.29) is 6.03 Å². The Morgan fingerprint density at radius 2 is 1.84 bits per heavy atom. The summed E-state index contributed by atoms with van der Waals surface area (Å²) >= 11 is 11.9. The van der Waals surface area contributed by atoms with E-state index in [0.717, 1.165) is 18.4 Å². The van der Waals surface area contributed by atoms with E-state index in [0.29, 0.717) is 40.9 Å². The number of pyridine rings is 1. The number of fused-ring (bicyclic) bond motifs is 1. The summed E-state index contributed by atoms with van der Waals surface area (Å²) in [6, 6.07) is 2.17. The van der Waals surface area contributed by atoms with Gasteiger partial charge in [-0.15, -0.1) is 0 Å². The molecule has 0 aromatic carbocycles. The number of hydrogen-bond donors (Lipinski definition) is 2. The van der Waals surface area contributed by atoms with Crippen molar-refractivity contribution in [1.82, 2.24) is 15.2 Å². The fourth-order valence-electron chi connectivity index (χ4n) is 5.03. The van der Waals surface area contributed by atoms with Gasteiger partial charge >= 0.3 is 6.03 Å². The minimum atomic E-state index is 0.0789. The molecule has 2 aliphatic carbocycles. The molecule has 2 aliphatic heterocycles. The second-order valence-electron chi connectivity index (χ2n) is 7.73. The Balaban J connectivity index is 1.28. The Hall–Kier alpha value is -1.20. The van der Waals surface area contributed by atoms with Crippen molar-refractivity contribution < 1.29 is 4.79 Å². The molecule has 4 atom stereocenters. The van der Waals surface area contributed by atoms with Crippen LogP contribution in [0.1, 0.15) is 32.1 Å². The highest BCUT2D eigenvalue weighted by molar-refractivity contribution is 6.35. The maximum absolute atomic E-state index is 12.7. The van der Waals surface area contributed by atoms with Crippen LogP contribution < -0.4 is 10.6 Å². The number of nitrogens with one attached hydrogen (secondary N) is 2. The maximum atomic E-state index is 12.7. The van der Waals surface area contributed by atoms with Gasteiger partial charge in [0.25, 0.3) is 0 Å². The third kappa shape index (κ3) is 3.82. The third-order valence-corrected chi connectivity index (χ3v) is 6.36. The molecular formula is C18H24Cl2N4O. The largest absolute Gasteiger partial charge is 0.367 e. The van der Waals surface area contributed by atoms with Gasteiger partial charge in [-0.25, -0.2) is 9.78 Å². The summed E-state index contributed by atoms with van der Waals surface area (Å²) in [5, 5.41) is 7.18. The molecule has 4 bridgehead atoms. The first kappa shape index (κ1) is 17.2. The van der Waals surface area contributed by atoms with Crippen LogP contribution in [0.3, 0.4) is 0 Å². The van der Waals surface area contributed by atoms with E-state index in [4.69, 9.17) is 23.2 Å². The number of nitrogens with zero attached hydrogens (tertiary/aromatic N) is 2. The van der Waals surface area contributed by atoms with Gasteiger partial charge in [-0.2, -0.15) is 0 Å². The molecule has 1 aromatic rings. The van der Waals surface area contributed by atoms with Crippen LogP contribution in [-0.2, 0) is 0 Å². The molecule has 0 spiro atoms. The minimum absolute atomic E-state index is 0.0789. The highest BCUT2D eigenvalue weighted by atomic mass is 35.5. The van der Waals surface area contributed by atoms with Crippen LogP contribution in [0.2, 0.25) is 10.0 Å². The van der Waals surface area contributed by atoms with Crippen molar-refractivity contribution in [2.24, 2.45) is 17.8 Å². The summed E-state index contributed by atoms with van der Waals surface area (Å²) in [6.45, 7) is 2.05. The second kappa shape index (κ2) is 7.20. The van der Waals surface area contributed by atoms with Gasteiger partial charge in [-0.3, -0.25) is 0 Å². The minimum Gasteiger partial charge on any atom is -0.367 e. The molecule has 136 valence electrons. The van der Waals surface area contributed by atoms with Gasteiger partial charge in [0.15, 0.2) is 0 Å². The molecule has 3 heterocycles. The second-order valence-corrected chi connectivity index (χ2v) is 8.57. The van der Waals surface area contributed by atoms with Gasteiger partial charge in [0, 0.05) is 31.9 Å². The molecule has 25 heavy (non-hydrogen) atoms. The molecule has 2 N–H and O–H groups in total. The number of carbonyl (C=O) groups is 1. The molecule has 2 saturated heterocycles. The smallest absolute Gasteiger partial charge is 0.317 e. The molecule has 5 nitrogen and oxygen atoms in total. The van der Waals surface area contributed by atoms with E-state index >= 15 is 0 Å². The van der Waals surface area contributed by atoms with Crippen molar-refractivity contribution in [2.45, 2.75) is 38.1 Å². The van der Waals surface area contributed by atoms with E-state index in [1.807, 2.05) is 0 Å². The van der Waals surface area contributed by atoms with Crippen LogP contribution in [-0.4, -0.2) is 41.6 Å². The summed E-state index contributed by atoms with van der Waals surface area (Å²) in [5.74, 6) is 2.99. The van der Waals surface area contributed by atoms with Crippen LogP contribution >= 0.6 is 23.2 Å². The van der Waals surface area contributed by atoms with E-state index in [9.17, 15) is 4.79 Å². The van der Waals surface area contributed by atoms with Crippen molar-refractivity contribution in [3.8, 4) is 0 Å². The van der Waals surface area contributed by atoms with Gasteiger partial charge < -0.3 is 15.5 Å². The summed E-state index contributed by atoms with van der Waals surface area (Å²) in [4.78, 5) is 18.9. The number of anilines is 1. The zero-order valence-electron chi connectivity index (χ0n) is 14.2. The molecule has 4 aliphatic rings. The topological polar surface area (TPSA) is 57.3 Å². The Morgan fingerprint density at radius 1 is 1.12 bits per heavy atom. The van der Waals surface area contributed by atoms with Crippen LogP contribution in [0, 0.1) is 17.8 Å². The number of urea groups is 1. The Bertz CT molecular complexity index is 642. The predicted molar refractivity (Wildman–Crippen MR) is 100 cm³/mol. The summed E-state index contributed by atoms with van der Waals surface area (Å²) < 4.78 is 0. The summed E-state index contributed by atoms with van der Waals surface area (Å²) in [5.41, 5.74) is 0. The highest BCUT2D eigenvalue weighted by Crippen LogP contribution is 2.47. The van der Waals surface area contributed by atoms with Crippen molar-refractivity contribution in [3.05, 3.63) is 22.3 Å². The van der Waals surface area contributed by atoms with Gasteiger partial charge in [-0.1, -0.05) is 23.2 Å². The first-order valence-electron chi connectivity index (χ1n) is 9.18. The molecule has 5 rings (SSSR count). The SMILES string of the molecule is O=C(NCCNc1ncc(Cl)cc1Cl)N1CC2C[C@@H]3CC1C[C@H](C2)C3. The average Bonchev–Trinajstić information content (AvgIpc) is 2.76. The van der Waals surface area contributed by atoms with Crippen molar-refractivity contribution in [3.63, 3.8) is 0 Å². The number of aromatic nitrogens is 1. The van der Waals surface area contributed by atoms with E-state index < -0.39 is 0 Å². The van der Waals surface area contributed by atoms with Gasteiger partial charge in [-0.05, 0) is 55.9 Å². The third-order valence-electron chi connectivity index (χ3n) is 5.87. The number of carbonyl (C=O) groups excluding carboxylic acids is 1. The fraction of sp³-hybridized carbons (Fsp3) is 0.667. The lowest BCUT2D eigenvalue weighted by atomic mass is 9.68. The highest BCUT2D eigenvalue weighted by Gasteiger charge is 2.43. The fourth-order valence-corrected chi connectivity index (χ4v) is 5.48. The number of halogens is 2. The number of hydrogen-bond acceptors (Lipinski definition) is 3. The van der Waals surface area contributed by atoms with Crippen LogP contribution in [0.4, 0.5) is 10.6 Å². The quantitative estimate of drug-likeness (QED) is 0.773. The average molecular weight is 383 g/mol. The van der Waals surface area contributed by atoms with E-state index in [1.165, 1.54) is 32.1 Å². The summed E-state index contributed by atoms with van der Waals surface area (Å²) in [6.07, 6.45) is 7.97. The molecular weight excluding hydrogens is 359 g/mol. The molecule has 2 unspecified atom stereocenters. The monoisotopic (exact) mass is 382 g/mol. The lowest BCUT2D eigenvalue weighted by molar-refractivity contribution is 0.132. The number of amides is 2. The Labute approximate surface area is 158 Å². The van der Waals surface area contributed by atoms with E-state index in [2.05, 4.69) is 20.5 Å². The lowest BCUT2D eigenvalue weighted by Crippen LogP contribution is -2.48. The standard InChI is InChI=1S/C18H24Cl2N4O/c19-14-8-16(20)17(23-9-14)21-1-2-22-18(25)24-10-13-4-11-3-12(5-13)7-15(24)6-11/h8-9,11-13,15H,1-7,10H2,(H,21,23)(H,22,25)/t11-,12+,13?,15?. The van der Waals surface area contributed by atoms with Crippen molar-refractivity contribution in [1.29, 1.82) is 0 Å². The predicted octanol–water partition coefficient (Wildman–Crippen LogP) is 4.02. The zero-order chi connectivity index (χ0) is 17.4. The van der Waals surface area contributed by atoms with Crippen LogP contribution in [0.25, 0.3) is 0 Å². The molecule has 7 heteroatoms. The Morgan fingerprint density at radius 3 is 2.56 bits per heavy atom. The van der Waals surface area contributed by atoms with Gasteiger partial charge in [0.1, 0.15) is 5.82 Å². The van der Waals surface area contributed by atoms with Crippen LogP contribution in [0.5, 0.6) is 0 Å². The first-order valence-corrected chi connectivity index (χ1v) is 9.93. The van der Waals surface area contributed by atoms with Gasteiger partial charge in [0.2, 0.25) is 0 Å². The summed E-state index contributed by atoms with van der Waals surface area (Å²) in [7, 11) is 0. The molecule has 4 fully saturated rings. The van der Waals surface area contributed by atoms with Crippen molar-refractivity contribution >= 4 is 35.1 Å². The number of rotatable bonds is 4. The lowest BCUT2D eigenvalue weighted by Gasteiger charge is -2.38. The molecule has 2 amide bonds. The Kier molecular flexibility index (Phi) is 4.96. The van der Waals surface area contributed by atoms with Gasteiger partial charge in [0.05, 0.1) is 10.0 Å². The van der Waals surface area contributed by atoms with Crippen LogP contribution in [0.15, 0.2) is 12.3 Å². The van der Waals surface area contributed by atoms with E-state index in [1.54, 1.807) is 12.3 Å².